The summed E-state index contributed by atoms with van der Waals surface area (Å²) in [7, 11) is 0. The standard InChI is InChI=1S/C16H21FN2O3/c17-12-2-1-3-13(10-12)19-8-9-22-15(11-19)16(21)18-6-4-14(20)5-7-18/h1-3,10,14-15,20H,4-9,11H2/t15-/m1/s1. The third-order valence-electron chi connectivity index (χ3n) is 4.29. The number of morpholine rings is 1. The highest BCUT2D eigenvalue weighted by Gasteiger charge is 2.32. The minimum Gasteiger partial charge on any atom is -0.393 e. The van der Waals surface area contributed by atoms with Gasteiger partial charge >= 0.3 is 0 Å². The van der Waals surface area contributed by atoms with Gasteiger partial charge in [-0.3, -0.25) is 4.79 Å². The first-order chi connectivity index (χ1) is 10.6. The summed E-state index contributed by atoms with van der Waals surface area (Å²) in [6, 6.07) is 6.39. The SMILES string of the molecule is O=C([C@H]1CN(c2cccc(F)c2)CCO1)N1CCC(O)CC1. The minimum absolute atomic E-state index is 0.0343. The van der Waals surface area contributed by atoms with Gasteiger partial charge in [-0.05, 0) is 31.0 Å². The Hall–Kier alpha value is -1.66. The number of carbonyl (C=O) groups excluding carboxylic acids is 1. The number of hydrogen-bond acceptors (Lipinski definition) is 4. The zero-order chi connectivity index (χ0) is 15.5. The van der Waals surface area contributed by atoms with Crippen LogP contribution in [0.4, 0.5) is 10.1 Å². The number of amides is 1. The number of aliphatic hydroxyl groups excluding tert-OH is 1. The second kappa shape index (κ2) is 6.62. The maximum absolute atomic E-state index is 13.3. The van der Waals surface area contributed by atoms with Gasteiger partial charge in [0.2, 0.25) is 0 Å². The van der Waals surface area contributed by atoms with Crippen molar-refractivity contribution in [2.75, 3.05) is 37.7 Å². The molecule has 0 spiro atoms. The van der Waals surface area contributed by atoms with Crippen LogP contribution in [-0.4, -0.2) is 60.9 Å². The second-order valence-corrected chi connectivity index (χ2v) is 5.84. The molecule has 2 aliphatic heterocycles. The van der Waals surface area contributed by atoms with E-state index < -0.39 is 6.10 Å². The van der Waals surface area contributed by atoms with Crippen LogP contribution in [0, 0.1) is 5.82 Å². The molecule has 1 amide bonds. The van der Waals surface area contributed by atoms with Gasteiger partial charge in [-0.1, -0.05) is 6.07 Å². The lowest BCUT2D eigenvalue weighted by Crippen LogP contribution is -2.53. The predicted molar refractivity (Wildman–Crippen MR) is 80.2 cm³/mol. The summed E-state index contributed by atoms with van der Waals surface area (Å²) in [6.07, 6.45) is 0.408. The molecule has 1 aromatic carbocycles. The predicted octanol–water partition coefficient (Wildman–Crippen LogP) is 1.01. The van der Waals surface area contributed by atoms with E-state index in [1.54, 1.807) is 11.0 Å². The average molecular weight is 308 g/mol. The summed E-state index contributed by atoms with van der Waals surface area (Å²) in [6.45, 7) is 2.66. The molecule has 0 unspecified atom stereocenters. The van der Waals surface area contributed by atoms with Gasteiger partial charge in [-0.2, -0.15) is 0 Å². The third-order valence-corrected chi connectivity index (χ3v) is 4.29. The number of benzene rings is 1. The topological polar surface area (TPSA) is 53.0 Å². The molecule has 0 aromatic heterocycles. The molecule has 0 aliphatic carbocycles. The Labute approximate surface area is 129 Å². The van der Waals surface area contributed by atoms with Crippen LogP contribution in [0.25, 0.3) is 0 Å². The second-order valence-electron chi connectivity index (χ2n) is 5.84. The molecule has 6 heteroatoms. The molecule has 0 bridgehead atoms. The molecular formula is C16H21FN2O3. The van der Waals surface area contributed by atoms with Crippen molar-refractivity contribution in [2.45, 2.75) is 25.0 Å². The molecule has 2 saturated heterocycles. The number of hydrogen-bond donors (Lipinski definition) is 1. The number of anilines is 1. The molecule has 2 aliphatic rings. The van der Waals surface area contributed by atoms with Crippen LogP contribution in [-0.2, 0) is 9.53 Å². The zero-order valence-corrected chi connectivity index (χ0v) is 12.4. The van der Waals surface area contributed by atoms with Gasteiger partial charge in [0.05, 0.1) is 19.3 Å². The highest BCUT2D eigenvalue weighted by atomic mass is 19.1. The number of likely N-dealkylation sites (tertiary alicyclic amines) is 1. The number of rotatable bonds is 2. The summed E-state index contributed by atoms with van der Waals surface area (Å²) in [5, 5.41) is 9.52. The number of nitrogens with zero attached hydrogens (tertiary/aromatic N) is 2. The Bertz CT molecular complexity index is 532. The van der Waals surface area contributed by atoms with E-state index in [0.717, 1.165) is 5.69 Å². The molecule has 120 valence electrons. The first-order valence-electron chi connectivity index (χ1n) is 7.72. The monoisotopic (exact) mass is 308 g/mol. The van der Waals surface area contributed by atoms with Crippen LogP contribution in [0.3, 0.4) is 0 Å². The Morgan fingerprint density at radius 3 is 2.77 bits per heavy atom. The molecule has 1 N–H and O–H groups in total. The van der Waals surface area contributed by atoms with E-state index in [9.17, 15) is 14.3 Å². The Morgan fingerprint density at radius 1 is 1.27 bits per heavy atom. The van der Waals surface area contributed by atoms with Crippen molar-refractivity contribution in [3.63, 3.8) is 0 Å². The Balaban J connectivity index is 1.64. The highest BCUT2D eigenvalue weighted by molar-refractivity contribution is 5.82. The summed E-state index contributed by atoms with van der Waals surface area (Å²) in [5.41, 5.74) is 0.773. The van der Waals surface area contributed by atoms with Gasteiger partial charge in [-0.15, -0.1) is 0 Å². The number of carbonyl (C=O) groups is 1. The molecule has 0 radical (unpaired) electrons. The smallest absolute Gasteiger partial charge is 0.253 e. The summed E-state index contributed by atoms with van der Waals surface area (Å²) >= 11 is 0. The van der Waals surface area contributed by atoms with E-state index >= 15 is 0 Å². The quantitative estimate of drug-likeness (QED) is 0.886. The molecule has 5 nitrogen and oxygen atoms in total. The van der Waals surface area contributed by atoms with Crippen LogP contribution in [0.1, 0.15) is 12.8 Å². The lowest BCUT2D eigenvalue weighted by Gasteiger charge is -2.37. The maximum atomic E-state index is 13.3. The molecule has 0 saturated carbocycles. The van der Waals surface area contributed by atoms with E-state index in [0.29, 0.717) is 45.6 Å². The molecule has 2 fully saturated rings. The number of piperidine rings is 1. The average Bonchev–Trinajstić information content (AvgIpc) is 2.55. The normalized spacial score (nSPS) is 23.6. The van der Waals surface area contributed by atoms with Crippen LogP contribution >= 0.6 is 0 Å². The van der Waals surface area contributed by atoms with Crippen molar-refractivity contribution in [3.05, 3.63) is 30.1 Å². The molecule has 22 heavy (non-hydrogen) atoms. The fraction of sp³-hybridized carbons (Fsp3) is 0.562. The largest absolute Gasteiger partial charge is 0.393 e. The first kappa shape index (κ1) is 15.2. The zero-order valence-electron chi connectivity index (χ0n) is 12.4. The summed E-state index contributed by atoms with van der Waals surface area (Å²) < 4.78 is 19.0. The third kappa shape index (κ3) is 3.39. The molecule has 3 rings (SSSR count). The fourth-order valence-corrected chi connectivity index (χ4v) is 3.00. The highest BCUT2D eigenvalue weighted by Crippen LogP contribution is 2.20. The van der Waals surface area contributed by atoms with Gasteiger partial charge in [0, 0.05) is 25.3 Å². The van der Waals surface area contributed by atoms with Crippen molar-refractivity contribution in [1.29, 1.82) is 0 Å². The number of aliphatic hydroxyl groups is 1. The van der Waals surface area contributed by atoms with E-state index in [1.807, 2.05) is 11.0 Å². The fourth-order valence-electron chi connectivity index (χ4n) is 3.00. The molecule has 2 heterocycles. The van der Waals surface area contributed by atoms with Crippen LogP contribution in [0.15, 0.2) is 24.3 Å². The van der Waals surface area contributed by atoms with Crippen molar-refractivity contribution >= 4 is 11.6 Å². The van der Waals surface area contributed by atoms with Crippen molar-refractivity contribution in [1.82, 2.24) is 4.90 Å². The first-order valence-corrected chi connectivity index (χ1v) is 7.72. The minimum atomic E-state index is -0.521. The van der Waals surface area contributed by atoms with E-state index in [4.69, 9.17) is 4.74 Å². The van der Waals surface area contributed by atoms with Gasteiger partial charge in [0.15, 0.2) is 6.10 Å². The van der Waals surface area contributed by atoms with E-state index in [2.05, 4.69) is 0 Å². The van der Waals surface area contributed by atoms with Gasteiger partial charge in [0.25, 0.3) is 5.91 Å². The summed E-state index contributed by atoms with van der Waals surface area (Å²) in [4.78, 5) is 16.3. The Kier molecular flexibility index (Phi) is 4.59. The molecule has 1 atom stereocenters. The maximum Gasteiger partial charge on any atom is 0.253 e. The van der Waals surface area contributed by atoms with Crippen molar-refractivity contribution in [2.24, 2.45) is 0 Å². The summed E-state index contributed by atoms with van der Waals surface area (Å²) in [5.74, 6) is -0.315. The van der Waals surface area contributed by atoms with Crippen LogP contribution in [0.2, 0.25) is 0 Å². The van der Waals surface area contributed by atoms with Crippen LogP contribution in [0.5, 0.6) is 0 Å². The number of halogens is 1. The molecule has 1 aromatic rings. The van der Waals surface area contributed by atoms with Gasteiger partial charge in [0.1, 0.15) is 5.82 Å². The van der Waals surface area contributed by atoms with E-state index in [-0.39, 0.29) is 17.8 Å². The van der Waals surface area contributed by atoms with Crippen molar-refractivity contribution in [3.8, 4) is 0 Å². The Morgan fingerprint density at radius 2 is 2.05 bits per heavy atom. The van der Waals surface area contributed by atoms with Crippen molar-refractivity contribution < 1.29 is 19.0 Å². The van der Waals surface area contributed by atoms with Gasteiger partial charge in [-0.25, -0.2) is 4.39 Å². The van der Waals surface area contributed by atoms with Gasteiger partial charge < -0.3 is 19.6 Å². The van der Waals surface area contributed by atoms with E-state index in [1.165, 1.54) is 12.1 Å². The molecular weight excluding hydrogens is 287 g/mol. The lowest BCUT2D eigenvalue weighted by molar-refractivity contribution is -0.146. The lowest BCUT2D eigenvalue weighted by atomic mass is 10.1. The number of ether oxygens (including phenoxy) is 1. The van der Waals surface area contributed by atoms with Crippen LogP contribution < -0.4 is 4.90 Å².